The number of carbonyl (C=O) groups excluding carboxylic acids is 2. The van der Waals surface area contributed by atoms with Gasteiger partial charge >= 0.3 is 0 Å². The molecule has 0 spiro atoms. The molecule has 9 heteroatoms. The van der Waals surface area contributed by atoms with Crippen molar-refractivity contribution in [3.63, 3.8) is 0 Å². The molecular weight excluding hydrogens is 471 g/mol. The van der Waals surface area contributed by atoms with E-state index in [4.69, 9.17) is 32.7 Å². The van der Waals surface area contributed by atoms with Crippen LogP contribution in [0, 0.1) is 6.92 Å². The van der Waals surface area contributed by atoms with Crippen LogP contribution < -0.4 is 20.3 Å². The van der Waals surface area contributed by atoms with Crippen LogP contribution in [-0.4, -0.2) is 25.0 Å². The van der Waals surface area contributed by atoms with Crippen LogP contribution >= 0.6 is 39.1 Å². The predicted molar refractivity (Wildman–Crippen MR) is 112 cm³/mol. The van der Waals surface area contributed by atoms with E-state index in [9.17, 15) is 9.59 Å². The normalized spacial score (nSPS) is 10.3. The number of hydrogen-bond acceptors (Lipinski definition) is 4. The predicted octanol–water partition coefficient (Wildman–Crippen LogP) is 4.45. The van der Waals surface area contributed by atoms with Crippen molar-refractivity contribution in [1.29, 1.82) is 0 Å². The van der Waals surface area contributed by atoms with E-state index in [0.717, 1.165) is 10.0 Å². The van der Waals surface area contributed by atoms with Crippen molar-refractivity contribution in [3.05, 3.63) is 56.5 Å². The average molecular weight is 490 g/mol. The second-order valence-corrected chi connectivity index (χ2v) is 7.52. The number of halogens is 3. The van der Waals surface area contributed by atoms with Crippen LogP contribution in [0.5, 0.6) is 11.5 Å². The van der Waals surface area contributed by atoms with Gasteiger partial charge in [-0.05, 0) is 55.3 Å². The Bertz CT molecular complexity index is 849. The second-order valence-electron chi connectivity index (χ2n) is 5.82. The highest BCUT2D eigenvalue weighted by Crippen LogP contribution is 2.27. The third-order valence-electron chi connectivity index (χ3n) is 3.54. The van der Waals surface area contributed by atoms with Gasteiger partial charge in [0.05, 0.1) is 11.6 Å². The number of carbonyl (C=O) groups is 2. The summed E-state index contributed by atoms with van der Waals surface area (Å²) in [7, 11) is 0. The molecule has 0 radical (unpaired) electrons. The summed E-state index contributed by atoms with van der Waals surface area (Å²) in [4.78, 5) is 23.5. The molecule has 2 N–H and O–H groups in total. The van der Waals surface area contributed by atoms with Gasteiger partial charge < -0.3 is 9.47 Å². The number of hydrogen-bond donors (Lipinski definition) is 2. The Morgan fingerprint density at radius 2 is 1.79 bits per heavy atom. The monoisotopic (exact) mass is 488 g/mol. The van der Waals surface area contributed by atoms with E-state index in [1.54, 1.807) is 24.3 Å². The van der Waals surface area contributed by atoms with Crippen LogP contribution in [0.2, 0.25) is 10.0 Å². The van der Waals surface area contributed by atoms with Crippen LogP contribution in [0.25, 0.3) is 0 Å². The minimum absolute atomic E-state index is 0.179. The lowest BCUT2D eigenvalue weighted by Crippen LogP contribution is -2.43. The molecule has 0 aliphatic carbocycles. The lowest BCUT2D eigenvalue weighted by molar-refractivity contribution is -0.130. The molecule has 0 bridgehead atoms. The summed E-state index contributed by atoms with van der Waals surface area (Å²) in [5, 5.41) is 0.928. The maximum absolute atomic E-state index is 11.8. The van der Waals surface area contributed by atoms with Crippen molar-refractivity contribution in [1.82, 2.24) is 10.9 Å². The van der Waals surface area contributed by atoms with Gasteiger partial charge in [-0.3, -0.25) is 20.4 Å². The highest BCUT2D eigenvalue weighted by molar-refractivity contribution is 9.10. The van der Waals surface area contributed by atoms with E-state index in [0.29, 0.717) is 34.6 Å². The highest BCUT2D eigenvalue weighted by atomic mass is 79.9. The Morgan fingerprint density at radius 1 is 1.04 bits per heavy atom. The molecule has 2 amide bonds. The number of ether oxygens (including phenoxy) is 2. The lowest BCUT2D eigenvalue weighted by Gasteiger charge is -2.10. The zero-order valence-electron chi connectivity index (χ0n) is 15.1. The van der Waals surface area contributed by atoms with Crippen molar-refractivity contribution >= 4 is 50.9 Å². The fourth-order valence-electron chi connectivity index (χ4n) is 2.10. The van der Waals surface area contributed by atoms with Gasteiger partial charge in [-0.1, -0.05) is 39.1 Å². The van der Waals surface area contributed by atoms with Gasteiger partial charge in [-0.2, -0.15) is 0 Å². The minimum Gasteiger partial charge on any atom is -0.492 e. The summed E-state index contributed by atoms with van der Waals surface area (Å²) in [5.41, 5.74) is 5.63. The lowest BCUT2D eigenvalue weighted by atomic mass is 10.2. The fourth-order valence-corrected chi connectivity index (χ4v) is 2.81. The summed E-state index contributed by atoms with van der Waals surface area (Å²) in [5.74, 6) is 0.275. The highest BCUT2D eigenvalue weighted by Gasteiger charge is 2.07. The van der Waals surface area contributed by atoms with E-state index in [1.807, 2.05) is 19.1 Å². The van der Waals surface area contributed by atoms with Crippen molar-refractivity contribution in [3.8, 4) is 11.5 Å². The summed E-state index contributed by atoms with van der Waals surface area (Å²) in [6.45, 7) is 2.01. The Balaban J connectivity index is 1.61. The molecule has 6 nitrogen and oxygen atoms in total. The number of rotatable bonds is 8. The SMILES string of the molecule is Cc1cc(OCC(=O)NNC(=O)CCCOc2ccc(Cl)cc2Cl)ccc1Br. The van der Waals surface area contributed by atoms with Crippen molar-refractivity contribution in [2.24, 2.45) is 0 Å². The van der Waals surface area contributed by atoms with E-state index in [-0.39, 0.29) is 18.9 Å². The maximum atomic E-state index is 11.8. The third kappa shape index (κ3) is 7.58. The van der Waals surface area contributed by atoms with Crippen molar-refractivity contribution in [2.75, 3.05) is 13.2 Å². The third-order valence-corrected chi connectivity index (χ3v) is 4.96. The molecule has 0 aromatic heterocycles. The van der Waals surface area contributed by atoms with Crippen molar-refractivity contribution < 1.29 is 19.1 Å². The van der Waals surface area contributed by atoms with Crippen molar-refractivity contribution in [2.45, 2.75) is 19.8 Å². The van der Waals surface area contributed by atoms with Crippen LogP contribution in [0.3, 0.4) is 0 Å². The summed E-state index contributed by atoms with van der Waals surface area (Å²) < 4.78 is 11.8. The molecule has 0 saturated heterocycles. The summed E-state index contributed by atoms with van der Waals surface area (Å²) in [6, 6.07) is 10.3. The molecule has 0 fully saturated rings. The standard InChI is InChI=1S/C19H19BrCl2N2O4/c1-12-9-14(5-6-15(12)20)28-11-19(26)24-23-18(25)3-2-8-27-17-7-4-13(21)10-16(17)22/h4-7,9-10H,2-3,8,11H2,1H3,(H,23,25)(H,24,26). The summed E-state index contributed by atoms with van der Waals surface area (Å²) >= 11 is 15.2. The first-order valence-corrected chi connectivity index (χ1v) is 9.94. The van der Waals surface area contributed by atoms with Gasteiger partial charge in [-0.15, -0.1) is 0 Å². The first kappa shape index (κ1) is 22.3. The molecule has 0 atom stereocenters. The number of amides is 2. The van der Waals surface area contributed by atoms with Crippen LogP contribution in [-0.2, 0) is 9.59 Å². The molecule has 150 valence electrons. The minimum atomic E-state index is -0.460. The van der Waals surface area contributed by atoms with Gasteiger partial charge in [0, 0.05) is 15.9 Å². The maximum Gasteiger partial charge on any atom is 0.276 e. The average Bonchev–Trinajstić information content (AvgIpc) is 2.66. The molecule has 0 aliphatic rings. The molecular formula is C19H19BrCl2N2O4. The Morgan fingerprint density at radius 3 is 2.50 bits per heavy atom. The van der Waals surface area contributed by atoms with Crippen LogP contribution in [0.15, 0.2) is 40.9 Å². The zero-order chi connectivity index (χ0) is 20.5. The van der Waals surface area contributed by atoms with Gasteiger partial charge in [0.25, 0.3) is 5.91 Å². The summed E-state index contributed by atoms with van der Waals surface area (Å²) in [6.07, 6.45) is 0.633. The Hall–Kier alpha value is -1.96. The molecule has 0 unspecified atom stereocenters. The van der Waals surface area contributed by atoms with E-state index in [2.05, 4.69) is 26.8 Å². The quantitative estimate of drug-likeness (QED) is 0.424. The molecule has 28 heavy (non-hydrogen) atoms. The molecule has 2 aromatic rings. The number of benzene rings is 2. The van der Waals surface area contributed by atoms with Gasteiger partial charge in [0.1, 0.15) is 11.5 Å². The zero-order valence-corrected chi connectivity index (χ0v) is 18.2. The number of aryl methyl sites for hydroxylation is 1. The fraction of sp³-hybridized carbons (Fsp3) is 0.263. The molecule has 0 aliphatic heterocycles. The van der Waals surface area contributed by atoms with Crippen LogP contribution in [0.1, 0.15) is 18.4 Å². The molecule has 2 aromatic carbocycles. The molecule has 0 saturated carbocycles. The number of hydrazine groups is 1. The first-order chi connectivity index (χ1) is 13.3. The topological polar surface area (TPSA) is 76.7 Å². The van der Waals surface area contributed by atoms with Gasteiger partial charge in [0.15, 0.2) is 6.61 Å². The second kappa shape index (κ2) is 11.1. The molecule has 0 heterocycles. The first-order valence-electron chi connectivity index (χ1n) is 8.39. The Kier molecular flexibility index (Phi) is 8.89. The molecule has 2 rings (SSSR count). The Labute approximate surface area is 181 Å². The van der Waals surface area contributed by atoms with E-state index < -0.39 is 5.91 Å². The van der Waals surface area contributed by atoms with Crippen LogP contribution in [0.4, 0.5) is 0 Å². The number of nitrogens with one attached hydrogen (secondary N) is 2. The largest absolute Gasteiger partial charge is 0.492 e. The van der Waals surface area contributed by atoms with E-state index in [1.165, 1.54) is 0 Å². The smallest absolute Gasteiger partial charge is 0.276 e. The van der Waals surface area contributed by atoms with Gasteiger partial charge in [0.2, 0.25) is 5.91 Å². The van der Waals surface area contributed by atoms with E-state index >= 15 is 0 Å². The van der Waals surface area contributed by atoms with Gasteiger partial charge in [-0.25, -0.2) is 0 Å².